The Kier molecular flexibility index (Phi) is 6.56. The normalized spacial score (nSPS) is 10.6. The number of hydrogen-bond donors (Lipinski definition) is 2. The molecule has 4 aromatic rings. The average Bonchev–Trinajstić information content (AvgIpc) is 2.84. The van der Waals surface area contributed by atoms with Crippen LogP contribution < -0.4 is 10.6 Å². The first-order chi connectivity index (χ1) is 15.6. The van der Waals surface area contributed by atoms with Gasteiger partial charge in [0.15, 0.2) is 0 Å². The average molecular weight is 423 g/mol. The van der Waals surface area contributed by atoms with E-state index >= 15 is 0 Å². The summed E-state index contributed by atoms with van der Waals surface area (Å²) in [5.41, 5.74) is 6.80. The van der Waals surface area contributed by atoms with E-state index in [0.717, 1.165) is 34.6 Å². The van der Waals surface area contributed by atoms with Crippen LogP contribution in [0.2, 0.25) is 0 Å². The largest absolute Gasteiger partial charge is 0.376 e. The predicted octanol–water partition coefficient (Wildman–Crippen LogP) is 5.73. The van der Waals surface area contributed by atoms with Gasteiger partial charge in [-0.1, -0.05) is 79.2 Å². The Morgan fingerprint density at radius 2 is 1.44 bits per heavy atom. The molecular formula is C27H26N4O. The Labute approximate surface area is 188 Å². The van der Waals surface area contributed by atoms with Gasteiger partial charge < -0.3 is 5.32 Å². The highest BCUT2D eigenvalue weighted by Crippen LogP contribution is 2.25. The Balaban J connectivity index is 1.55. The molecule has 0 fully saturated rings. The van der Waals surface area contributed by atoms with Gasteiger partial charge in [-0.25, -0.2) is 9.97 Å². The number of anilines is 2. The van der Waals surface area contributed by atoms with Crippen molar-refractivity contribution in [3.63, 3.8) is 0 Å². The topological polar surface area (TPSA) is 66.9 Å². The van der Waals surface area contributed by atoms with Crippen LogP contribution in [0.25, 0.3) is 22.5 Å². The van der Waals surface area contributed by atoms with E-state index in [1.54, 1.807) is 0 Å². The number of aryl methyl sites for hydroxylation is 2. The fourth-order valence-electron chi connectivity index (χ4n) is 3.34. The van der Waals surface area contributed by atoms with E-state index < -0.39 is 0 Å². The maximum absolute atomic E-state index is 12.6. The van der Waals surface area contributed by atoms with Crippen molar-refractivity contribution in [2.45, 2.75) is 20.3 Å². The molecule has 0 saturated heterocycles. The van der Waals surface area contributed by atoms with E-state index in [1.165, 1.54) is 11.1 Å². The summed E-state index contributed by atoms with van der Waals surface area (Å²) < 4.78 is 0. The number of benzene rings is 3. The van der Waals surface area contributed by atoms with E-state index in [4.69, 9.17) is 0 Å². The van der Waals surface area contributed by atoms with Crippen LogP contribution in [0.1, 0.15) is 18.1 Å². The standard InChI is InChI=1S/C27H26N4O/c1-3-20-11-15-23(16-12-20)28-18-26(32)31-27-29-24(21-7-5-4-6-8-21)17-25(30-27)22-13-9-19(2)10-14-22/h4-17,28H,3,18H2,1-2H3,(H,29,30,31,32). The minimum absolute atomic E-state index is 0.129. The van der Waals surface area contributed by atoms with E-state index in [1.807, 2.05) is 79.7 Å². The second kappa shape index (κ2) is 9.88. The highest BCUT2D eigenvalue weighted by molar-refractivity contribution is 5.92. The van der Waals surface area contributed by atoms with Crippen molar-refractivity contribution in [2.75, 3.05) is 17.2 Å². The molecule has 1 heterocycles. The van der Waals surface area contributed by atoms with E-state index in [9.17, 15) is 4.79 Å². The van der Waals surface area contributed by atoms with Gasteiger partial charge in [0.2, 0.25) is 11.9 Å². The van der Waals surface area contributed by atoms with Crippen LogP contribution in [0.5, 0.6) is 0 Å². The molecule has 5 heteroatoms. The lowest BCUT2D eigenvalue weighted by Gasteiger charge is -2.11. The van der Waals surface area contributed by atoms with E-state index in [-0.39, 0.29) is 18.4 Å². The molecule has 2 N–H and O–H groups in total. The number of rotatable bonds is 7. The summed E-state index contributed by atoms with van der Waals surface area (Å²) >= 11 is 0. The molecule has 0 bridgehead atoms. The molecule has 0 aliphatic heterocycles. The molecule has 0 radical (unpaired) electrons. The minimum Gasteiger partial charge on any atom is -0.376 e. The van der Waals surface area contributed by atoms with Crippen LogP contribution in [-0.2, 0) is 11.2 Å². The number of carbonyl (C=O) groups excluding carboxylic acids is 1. The fourth-order valence-corrected chi connectivity index (χ4v) is 3.34. The summed E-state index contributed by atoms with van der Waals surface area (Å²) in [6.07, 6.45) is 0.985. The summed E-state index contributed by atoms with van der Waals surface area (Å²) in [7, 11) is 0. The zero-order valence-electron chi connectivity index (χ0n) is 18.3. The maximum Gasteiger partial charge on any atom is 0.246 e. The number of carbonyl (C=O) groups is 1. The van der Waals surface area contributed by atoms with Crippen molar-refractivity contribution in [3.8, 4) is 22.5 Å². The number of amides is 1. The molecule has 3 aromatic carbocycles. The molecule has 0 saturated carbocycles. The van der Waals surface area contributed by atoms with Crippen molar-refractivity contribution in [2.24, 2.45) is 0 Å². The Morgan fingerprint density at radius 3 is 2.06 bits per heavy atom. The molecule has 1 aromatic heterocycles. The highest BCUT2D eigenvalue weighted by atomic mass is 16.2. The van der Waals surface area contributed by atoms with Gasteiger partial charge in [-0.15, -0.1) is 0 Å². The second-order valence-corrected chi connectivity index (χ2v) is 7.65. The monoisotopic (exact) mass is 422 g/mol. The second-order valence-electron chi connectivity index (χ2n) is 7.65. The molecule has 0 spiro atoms. The molecule has 0 aliphatic carbocycles. The van der Waals surface area contributed by atoms with Gasteiger partial charge in [-0.2, -0.15) is 0 Å². The van der Waals surface area contributed by atoms with Crippen LogP contribution in [-0.4, -0.2) is 22.4 Å². The zero-order chi connectivity index (χ0) is 22.3. The van der Waals surface area contributed by atoms with Crippen molar-refractivity contribution >= 4 is 17.5 Å². The van der Waals surface area contributed by atoms with Gasteiger partial charge in [-0.05, 0) is 37.1 Å². The first-order valence-corrected chi connectivity index (χ1v) is 10.7. The quantitative estimate of drug-likeness (QED) is 0.399. The third-order valence-electron chi connectivity index (χ3n) is 5.21. The fraction of sp³-hybridized carbons (Fsp3) is 0.148. The molecule has 160 valence electrons. The lowest BCUT2D eigenvalue weighted by Crippen LogP contribution is -2.23. The SMILES string of the molecule is CCc1ccc(NCC(=O)Nc2nc(-c3ccccc3)cc(-c3ccc(C)cc3)n2)cc1. The highest BCUT2D eigenvalue weighted by Gasteiger charge is 2.11. The molecule has 0 atom stereocenters. The van der Waals surface area contributed by atoms with Gasteiger partial charge in [0.05, 0.1) is 17.9 Å². The Hall–Kier alpha value is -3.99. The number of hydrogen-bond acceptors (Lipinski definition) is 4. The molecule has 1 amide bonds. The number of aromatic nitrogens is 2. The van der Waals surface area contributed by atoms with E-state index in [2.05, 4.69) is 39.7 Å². The maximum atomic E-state index is 12.6. The lowest BCUT2D eigenvalue weighted by molar-refractivity contribution is -0.114. The van der Waals surface area contributed by atoms with Gasteiger partial charge in [0, 0.05) is 16.8 Å². The number of nitrogens with zero attached hydrogens (tertiary/aromatic N) is 2. The smallest absolute Gasteiger partial charge is 0.246 e. The molecule has 0 unspecified atom stereocenters. The lowest BCUT2D eigenvalue weighted by atomic mass is 10.1. The summed E-state index contributed by atoms with van der Waals surface area (Å²) in [5, 5.41) is 5.99. The van der Waals surface area contributed by atoms with Crippen molar-refractivity contribution in [1.29, 1.82) is 0 Å². The van der Waals surface area contributed by atoms with Crippen LogP contribution in [0, 0.1) is 6.92 Å². The first kappa shape index (κ1) is 21.2. The molecule has 0 aliphatic rings. The molecule has 5 nitrogen and oxygen atoms in total. The van der Waals surface area contributed by atoms with Crippen LogP contribution in [0.4, 0.5) is 11.6 Å². The Bertz CT molecular complexity index is 1190. The van der Waals surface area contributed by atoms with Crippen LogP contribution in [0.15, 0.2) is 84.9 Å². The first-order valence-electron chi connectivity index (χ1n) is 10.7. The minimum atomic E-state index is -0.204. The van der Waals surface area contributed by atoms with Crippen molar-refractivity contribution in [1.82, 2.24) is 9.97 Å². The summed E-state index contributed by atoms with van der Waals surface area (Å²) in [6, 6.07) is 28.1. The van der Waals surface area contributed by atoms with Gasteiger partial charge in [0.1, 0.15) is 0 Å². The van der Waals surface area contributed by atoms with Crippen molar-refractivity contribution < 1.29 is 4.79 Å². The Morgan fingerprint density at radius 1 is 0.812 bits per heavy atom. The van der Waals surface area contributed by atoms with Gasteiger partial charge in [0.25, 0.3) is 0 Å². The van der Waals surface area contributed by atoms with Crippen molar-refractivity contribution in [3.05, 3.63) is 96.1 Å². The van der Waals surface area contributed by atoms with Gasteiger partial charge in [-0.3, -0.25) is 10.1 Å². The molecule has 32 heavy (non-hydrogen) atoms. The summed E-state index contributed by atoms with van der Waals surface area (Å²) in [5.74, 6) is 0.0831. The summed E-state index contributed by atoms with van der Waals surface area (Å²) in [4.78, 5) is 21.8. The molecular weight excluding hydrogens is 396 g/mol. The predicted molar refractivity (Wildman–Crippen MR) is 131 cm³/mol. The van der Waals surface area contributed by atoms with Crippen LogP contribution in [0.3, 0.4) is 0 Å². The molecule has 4 rings (SSSR count). The third-order valence-corrected chi connectivity index (χ3v) is 5.21. The third kappa shape index (κ3) is 5.38. The van der Waals surface area contributed by atoms with Crippen LogP contribution >= 0.6 is 0 Å². The summed E-state index contributed by atoms with van der Waals surface area (Å²) in [6.45, 7) is 4.29. The van der Waals surface area contributed by atoms with E-state index in [0.29, 0.717) is 0 Å². The number of nitrogens with one attached hydrogen (secondary N) is 2. The van der Waals surface area contributed by atoms with Gasteiger partial charge >= 0.3 is 0 Å². The zero-order valence-corrected chi connectivity index (χ0v) is 18.3.